The molecule has 1 N–H and O–H groups in total. The van der Waals surface area contributed by atoms with E-state index in [1.54, 1.807) is 12.1 Å². The molecule has 5 nitrogen and oxygen atoms in total. The lowest BCUT2D eigenvalue weighted by Gasteiger charge is -1.97. The number of esters is 1. The highest BCUT2D eigenvalue weighted by Crippen LogP contribution is 2.08. The number of carbonyl (C=O) groups is 1. The molecule has 5 heteroatoms. The summed E-state index contributed by atoms with van der Waals surface area (Å²) in [6.45, 7) is 0.410. The van der Waals surface area contributed by atoms with Crippen LogP contribution < -0.4 is 5.48 Å². The van der Waals surface area contributed by atoms with Crippen LogP contribution in [0.1, 0.15) is 16.3 Å². The van der Waals surface area contributed by atoms with E-state index in [2.05, 4.69) is 15.1 Å². The van der Waals surface area contributed by atoms with Crippen molar-refractivity contribution in [2.75, 3.05) is 14.2 Å². The maximum absolute atomic E-state index is 10.9. The highest BCUT2D eigenvalue weighted by Gasteiger charge is 2.10. The van der Waals surface area contributed by atoms with Gasteiger partial charge in [0.15, 0.2) is 0 Å². The zero-order valence-electron chi connectivity index (χ0n) is 7.49. The second kappa shape index (κ2) is 4.64. The van der Waals surface area contributed by atoms with Crippen LogP contribution in [0.15, 0.2) is 16.5 Å². The van der Waals surface area contributed by atoms with E-state index in [0.29, 0.717) is 12.3 Å². The van der Waals surface area contributed by atoms with Gasteiger partial charge in [-0.1, -0.05) is 0 Å². The molecule has 1 rings (SSSR count). The topological polar surface area (TPSA) is 60.7 Å². The van der Waals surface area contributed by atoms with Crippen molar-refractivity contribution in [2.24, 2.45) is 0 Å². The van der Waals surface area contributed by atoms with Crippen molar-refractivity contribution < 1.29 is 18.8 Å². The maximum atomic E-state index is 10.9. The maximum Gasteiger partial charge on any atom is 0.373 e. The number of hydrogen-bond donors (Lipinski definition) is 1. The molecule has 0 radical (unpaired) electrons. The number of rotatable bonds is 4. The molecule has 0 aliphatic heterocycles. The number of carbonyl (C=O) groups excluding carboxylic acids is 1. The van der Waals surface area contributed by atoms with E-state index >= 15 is 0 Å². The summed E-state index contributed by atoms with van der Waals surface area (Å²) in [5, 5.41) is 0. The number of nitrogens with one attached hydrogen (secondary N) is 1. The molecule has 0 spiro atoms. The Labute approximate surface area is 75.6 Å². The van der Waals surface area contributed by atoms with Crippen molar-refractivity contribution >= 4 is 5.97 Å². The Bertz CT molecular complexity index is 281. The monoisotopic (exact) mass is 185 g/mol. The normalized spacial score (nSPS) is 10.0. The van der Waals surface area contributed by atoms with Crippen LogP contribution in [-0.4, -0.2) is 20.2 Å². The second-order valence-electron chi connectivity index (χ2n) is 2.28. The molecular formula is C8H11NO4. The van der Waals surface area contributed by atoms with Gasteiger partial charge in [-0.2, -0.15) is 5.48 Å². The van der Waals surface area contributed by atoms with Gasteiger partial charge in [0.05, 0.1) is 20.8 Å². The lowest BCUT2D eigenvalue weighted by molar-refractivity contribution is 0.0554. The summed E-state index contributed by atoms with van der Waals surface area (Å²) in [4.78, 5) is 15.5. The summed E-state index contributed by atoms with van der Waals surface area (Å²) in [6.07, 6.45) is 0. The van der Waals surface area contributed by atoms with Gasteiger partial charge in [0, 0.05) is 0 Å². The fraction of sp³-hybridized carbons (Fsp3) is 0.375. The number of hydroxylamine groups is 1. The molecule has 0 aromatic carbocycles. The zero-order chi connectivity index (χ0) is 9.68. The van der Waals surface area contributed by atoms with Crippen LogP contribution in [-0.2, 0) is 16.1 Å². The summed E-state index contributed by atoms with van der Waals surface area (Å²) in [5.41, 5.74) is 2.59. The fourth-order valence-corrected chi connectivity index (χ4v) is 0.827. The van der Waals surface area contributed by atoms with Gasteiger partial charge >= 0.3 is 5.97 Å². The zero-order valence-corrected chi connectivity index (χ0v) is 7.49. The first kappa shape index (κ1) is 9.76. The third kappa shape index (κ3) is 2.57. The van der Waals surface area contributed by atoms with E-state index in [1.807, 2.05) is 0 Å². The van der Waals surface area contributed by atoms with Crippen LogP contribution in [0.25, 0.3) is 0 Å². The third-order valence-corrected chi connectivity index (χ3v) is 1.44. The predicted octanol–water partition coefficient (Wildman–Crippen LogP) is 0.717. The second-order valence-corrected chi connectivity index (χ2v) is 2.28. The van der Waals surface area contributed by atoms with Gasteiger partial charge in [0.2, 0.25) is 5.76 Å². The number of ether oxygens (including phenoxy) is 1. The Morgan fingerprint density at radius 3 is 2.92 bits per heavy atom. The Morgan fingerprint density at radius 1 is 1.54 bits per heavy atom. The van der Waals surface area contributed by atoms with Crippen LogP contribution >= 0.6 is 0 Å². The van der Waals surface area contributed by atoms with Crippen LogP contribution in [0.3, 0.4) is 0 Å². The Balaban J connectivity index is 2.58. The molecule has 1 aromatic heterocycles. The van der Waals surface area contributed by atoms with Gasteiger partial charge in [0.1, 0.15) is 5.76 Å². The van der Waals surface area contributed by atoms with Gasteiger partial charge in [-0.3, -0.25) is 0 Å². The van der Waals surface area contributed by atoms with E-state index in [4.69, 9.17) is 4.42 Å². The molecule has 0 atom stereocenters. The highest BCUT2D eigenvalue weighted by molar-refractivity contribution is 5.86. The Kier molecular flexibility index (Phi) is 3.48. The molecule has 13 heavy (non-hydrogen) atoms. The van der Waals surface area contributed by atoms with Crippen molar-refractivity contribution in [3.8, 4) is 0 Å². The first-order valence-electron chi connectivity index (χ1n) is 3.70. The van der Waals surface area contributed by atoms with Crippen molar-refractivity contribution in [2.45, 2.75) is 6.54 Å². The van der Waals surface area contributed by atoms with Gasteiger partial charge in [-0.15, -0.1) is 0 Å². The predicted molar refractivity (Wildman–Crippen MR) is 43.9 cm³/mol. The van der Waals surface area contributed by atoms with Gasteiger partial charge in [-0.25, -0.2) is 4.79 Å². The smallest absolute Gasteiger partial charge is 0.373 e. The van der Waals surface area contributed by atoms with E-state index in [0.717, 1.165) is 0 Å². The highest BCUT2D eigenvalue weighted by atomic mass is 16.6. The number of methoxy groups -OCH3 is 1. The lowest BCUT2D eigenvalue weighted by Crippen LogP contribution is -2.09. The van der Waals surface area contributed by atoms with Crippen molar-refractivity contribution in [3.05, 3.63) is 23.7 Å². The van der Waals surface area contributed by atoms with Crippen LogP contribution in [0, 0.1) is 0 Å². The van der Waals surface area contributed by atoms with Crippen molar-refractivity contribution in [1.29, 1.82) is 0 Å². The summed E-state index contributed by atoms with van der Waals surface area (Å²) < 4.78 is 9.59. The van der Waals surface area contributed by atoms with Crippen molar-refractivity contribution in [1.82, 2.24) is 5.48 Å². The third-order valence-electron chi connectivity index (χ3n) is 1.44. The minimum absolute atomic E-state index is 0.190. The van der Waals surface area contributed by atoms with Crippen LogP contribution in [0.5, 0.6) is 0 Å². The number of hydrogen-bond acceptors (Lipinski definition) is 5. The molecule has 0 amide bonds. The molecule has 1 heterocycles. The van der Waals surface area contributed by atoms with Gasteiger partial charge < -0.3 is 14.0 Å². The molecule has 72 valence electrons. The van der Waals surface area contributed by atoms with Gasteiger partial charge in [-0.05, 0) is 12.1 Å². The molecule has 0 saturated carbocycles. The average molecular weight is 185 g/mol. The first-order chi connectivity index (χ1) is 6.27. The fourth-order valence-electron chi connectivity index (χ4n) is 0.827. The van der Waals surface area contributed by atoms with E-state index in [-0.39, 0.29) is 5.76 Å². The molecule has 0 aliphatic carbocycles. The summed E-state index contributed by atoms with van der Waals surface area (Å²) in [7, 11) is 2.81. The molecule has 0 aliphatic rings. The van der Waals surface area contributed by atoms with E-state index < -0.39 is 5.97 Å². The molecule has 0 unspecified atom stereocenters. The quantitative estimate of drug-likeness (QED) is 0.553. The van der Waals surface area contributed by atoms with E-state index in [1.165, 1.54) is 14.2 Å². The van der Waals surface area contributed by atoms with Crippen molar-refractivity contribution in [3.63, 3.8) is 0 Å². The summed E-state index contributed by atoms with van der Waals surface area (Å²) >= 11 is 0. The summed E-state index contributed by atoms with van der Waals surface area (Å²) in [6, 6.07) is 3.23. The molecule has 0 bridgehead atoms. The molecule has 0 saturated heterocycles. The molecular weight excluding hydrogens is 174 g/mol. The largest absolute Gasteiger partial charge is 0.463 e. The minimum Gasteiger partial charge on any atom is -0.463 e. The molecule has 1 aromatic rings. The summed E-state index contributed by atoms with van der Waals surface area (Å²) in [5.74, 6) is 0.321. The lowest BCUT2D eigenvalue weighted by atomic mass is 10.4. The SMILES string of the molecule is CONCc1ccc(C(=O)OC)o1. The Hall–Kier alpha value is -1.33. The van der Waals surface area contributed by atoms with E-state index in [9.17, 15) is 4.79 Å². The first-order valence-corrected chi connectivity index (χ1v) is 3.70. The Morgan fingerprint density at radius 2 is 2.31 bits per heavy atom. The minimum atomic E-state index is -0.483. The number of furan rings is 1. The van der Waals surface area contributed by atoms with Gasteiger partial charge in [0.25, 0.3) is 0 Å². The standard InChI is InChI=1S/C8H11NO4/c1-11-8(10)7-4-3-6(13-7)5-9-12-2/h3-4,9H,5H2,1-2H3. The average Bonchev–Trinajstić information content (AvgIpc) is 2.62. The van der Waals surface area contributed by atoms with Crippen LogP contribution in [0.4, 0.5) is 0 Å². The van der Waals surface area contributed by atoms with Crippen LogP contribution in [0.2, 0.25) is 0 Å². The molecule has 0 fully saturated rings.